The zero-order chi connectivity index (χ0) is 10.4. The molecule has 0 aliphatic rings. The van der Waals surface area contributed by atoms with Crippen LogP contribution < -0.4 is 0 Å². The number of hydrogen-bond acceptors (Lipinski definition) is 0. The van der Waals surface area contributed by atoms with Crippen LogP contribution in [0.3, 0.4) is 0 Å². The van der Waals surface area contributed by atoms with Crippen LogP contribution in [0.1, 0.15) is 12.8 Å². The fourth-order valence-electron chi connectivity index (χ4n) is 0.770. The number of alkyl halides is 6. The second-order valence-electron chi connectivity index (χ2n) is 2.57. The number of halogens is 6. The van der Waals surface area contributed by atoms with Crippen LogP contribution in [0.5, 0.6) is 0 Å². The Morgan fingerprint density at radius 3 is 1.77 bits per heavy atom. The lowest BCUT2D eigenvalue weighted by atomic mass is 10.2. The molecule has 6 heteroatoms. The van der Waals surface area contributed by atoms with E-state index in [0.717, 1.165) is 11.8 Å². The van der Waals surface area contributed by atoms with Crippen molar-refractivity contribution in [3.63, 3.8) is 0 Å². The first-order valence-corrected chi connectivity index (χ1v) is 9.47. The van der Waals surface area contributed by atoms with Gasteiger partial charge in [-0.1, -0.05) is 95.6 Å². The van der Waals surface area contributed by atoms with Crippen molar-refractivity contribution in [2.24, 2.45) is 0 Å². The summed E-state index contributed by atoms with van der Waals surface area (Å²) >= 11 is 21.4. The van der Waals surface area contributed by atoms with Gasteiger partial charge in [0.2, 0.25) is 0 Å². The van der Waals surface area contributed by atoms with E-state index in [-0.39, 0.29) is 3.74 Å². The Bertz CT molecular complexity index is 128. The van der Waals surface area contributed by atoms with Crippen LogP contribution in [0.4, 0.5) is 0 Å². The Labute approximate surface area is 130 Å². The van der Waals surface area contributed by atoms with Crippen molar-refractivity contribution < 1.29 is 0 Å². The molecular weight excluding hydrogens is 564 g/mol. The molecule has 0 amide bonds. The summed E-state index contributed by atoms with van der Waals surface area (Å²) in [6.45, 7) is 0. The molecule has 0 aromatic carbocycles. The minimum Gasteiger partial charge on any atom is -0.0928 e. The quantitative estimate of drug-likeness (QED) is 0.365. The van der Waals surface area contributed by atoms with E-state index in [1.54, 1.807) is 0 Å². The lowest BCUT2D eigenvalue weighted by Gasteiger charge is -2.22. The van der Waals surface area contributed by atoms with Gasteiger partial charge in [0.15, 0.2) is 0 Å². The third-order valence-corrected chi connectivity index (χ3v) is 9.37. The molecule has 0 aliphatic carbocycles. The molecule has 0 N–H and O–H groups in total. The third kappa shape index (κ3) is 6.93. The molecule has 0 saturated carbocycles. The normalized spacial score (nSPS) is 18.7. The molecule has 0 radical (unpaired) electrons. The largest absolute Gasteiger partial charge is 0.0928 e. The summed E-state index contributed by atoms with van der Waals surface area (Å²) in [5.74, 6) is 0. The van der Waals surface area contributed by atoms with Crippen molar-refractivity contribution in [3.05, 3.63) is 0 Å². The van der Waals surface area contributed by atoms with Gasteiger partial charge in [0, 0.05) is 15.0 Å². The fourth-order valence-corrected chi connectivity index (χ4v) is 4.57. The molecule has 0 aliphatic heterocycles. The summed E-state index contributed by atoms with van der Waals surface area (Å²) in [6.07, 6.45) is 2.35. The Balaban J connectivity index is 3.86. The van der Waals surface area contributed by atoms with E-state index < -0.39 is 0 Å². The standard InChI is InChI=1S/C7H10Br6/c8-3-1-2-4(9)5(10)6(11)7(12)13/h4-7H,1-3H2. The lowest BCUT2D eigenvalue weighted by Crippen LogP contribution is -2.28. The average Bonchev–Trinajstić information content (AvgIpc) is 2.11. The van der Waals surface area contributed by atoms with Crippen molar-refractivity contribution in [3.8, 4) is 0 Å². The topological polar surface area (TPSA) is 0 Å². The summed E-state index contributed by atoms with van der Waals surface area (Å²) in [4.78, 5) is 1.27. The van der Waals surface area contributed by atoms with Gasteiger partial charge in [-0.25, -0.2) is 0 Å². The van der Waals surface area contributed by atoms with Crippen LogP contribution >= 0.6 is 95.6 Å². The molecule has 0 heterocycles. The van der Waals surface area contributed by atoms with Crippen molar-refractivity contribution in [1.29, 1.82) is 0 Å². The van der Waals surface area contributed by atoms with Crippen LogP contribution in [-0.2, 0) is 0 Å². The van der Waals surface area contributed by atoms with E-state index in [4.69, 9.17) is 0 Å². The van der Waals surface area contributed by atoms with Crippen LogP contribution in [0.15, 0.2) is 0 Å². The Morgan fingerprint density at radius 1 is 0.846 bits per heavy atom. The second kappa shape index (κ2) is 8.97. The molecule has 0 bridgehead atoms. The zero-order valence-corrected chi connectivity index (χ0v) is 16.2. The first-order valence-electron chi connectivity index (χ1n) is 3.77. The molecule has 3 atom stereocenters. The molecule has 3 unspecified atom stereocenters. The van der Waals surface area contributed by atoms with Gasteiger partial charge in [0.05, 0.1) is 8.56 Å². The van der Waals surface area contributed by atoms with Crippen molar-refractivity contribution in [1.82, 2.24) is 0 Å². The number of hydrogen-bond donors (Lipinski definition) is 0. The third-order valence-electron chi connectivity index (χ3n) is 1.50. The highest BCUT2D eigenvalue weighted by Crippen LogP contribution is 2.33. The maximum atomic E-state index is 3.67. The molecule has 0 rings (SSSR count). The van der Waals surface area contributed by atoms with Gasteiger partial charge in [-0.3, -0.25) is 0 Å². The minimum absolute atomic E-state index is 0.286. The highest BCUT2D eigenvalue weighted by molar-refractivity contribution is 9.25. The van der Waals surface area contributed by atoms with Crippen LogP contribution in [0.2, 0.25) is 0 Å². The summed E-state index contributed by atoms with van der Waals surface area (Å²) in [5, 5.41) is 1.06. The van der Waals surface area contributed by atoms with Gasteiger partial charge < -0.3 is 0 Å². The second-order valence-corrected chi connectivity index (χ2v) is 9.86. The van der Waals surface area contributed by atoms with E-state index in [1.165, 1.54) is 6.42 Å². The predicted octanol–water partition coefficient (Wildman–Crippen LogP) is 5.57. The van der Waals surface area contributed by atoms with Crippen LogP contribution in [0.25, 0.3) is 0 Å². The molecule has 80 valence electrons. The van der Waals surface area contributed by atoms with Crippen molar-refractivity contribution in [2.45, 2.75) is 31.1 Å². The highest BCUT2D eigenvalue weighted by atomic mass is 79.9. The summed E-state index contributed by atoms with van der Waals surface area (Å²) in [7, 11) is 0. The van der Waals surface area contributed by atoms with Gasteiger partial charge >= 0.3 is 0 Å². The van der Waals surface area contributed by atoms with Gasteiger partial charge in [0.25, 0.3) is 0 Å². The SMILES string of the molecule is BrCCCC(Br)C(Br)C(Br)C(Br)Br. The maximum absolute atomic E-state index is 3.67. The molecule has 13 heavy (non-hydrogen) atoms. The fraction of sp³-hybridized carbons (Fsp3) is 1.00. The minimum atomic E-state index is 0.286. The van der Waals surface area contributed by atoms with Gasteiger partial charge in [-0.05, 0) is 12.8 Å². The predicted molar refractivity (Wildman–Crippen MR) is 82.8 cm³/mol. The lowest BCUT2D eigenvalue weighted by molar-refractivity contribution is 0.720. The zero-order valence-electron chi connectivity index (χ0n) is 6.70. The van der Waals surface area contributed by atoms with E-state index in [9.17, 15) is 0 Å². The van der Waals surface area contributed by atoms with E-state index in [0.29, 0.717) is 14.5 Å². The first kappa shape index (κ1) is 15.9. The molecule has 0 nitrogen and oxygen atoms in total. The first-order chi connectivity index (χ1) is 6.00. The molecule has 0 aromatic rings. The Hall–Kier alpha value is 2.88. The average molecular weight is 574 g/mol. The molecule has 0 aromatic heterocycles. The molecular formula is C7H10Br6. The van der Waals surface area contributed by atoms with Crippen molar-refractivity contribution >= 4 is 95.6 Å². The van der Waals surface area contributed by atoms with E-state index >= 15 is 0 Å². The summed E-state index contributed by atoms with van der Waals surface area (Å²) < 4.78 is 0.286. The van der Waals surface area contributed by atoms with E-state index in [1.807, 2.05) is 0 Å². The molecule has 0 fully saturated rings. The Kier molecular flexibility index (Phi) is 11.0. The highest BCUT2D eigenvalue weighted by Gasteiger charge is 2.27. The van der Waals surface area contributed by atoms with Gasteiger partial charge in [-0.15, -0.1) is 0 Å². The van der Waals surface area contributed by atoms with Gasteiger partial charge in [0.1, 0.15) is 0 Å². The summed E-state index contributed by atoms with van der Waals surface area (Å²) in [5.41, 5.74) is 0. The van der Waals surface area contributed by atoms with Gasteiger partial charge in [-0.2, -0.15) is 0 Å². The summed E-state index contributed by atoms with van der Waals surface area (Å²) in [6, 6.07) is 0. The maximum Gasteiger partial charge on any atom is 0.0833 e. The molecule has 0 saturated heterocycles. The Morgan fingerprint density at radius 2 is 1.38 bits per heavy atom. The monoisotopic (exact) mass is 568 g/mol. The smallest absolute Gasteiger partial charge is 0.0833 e. The number of rotatable bonds is 6. The van der Waals surface area contributed by atoms with E-state index in [2.05, 4.69) is 95.6 Å². The molecule has 0 spiro atoms. The van der Waals surface area contributed by atoms with Crippen LogP contribution in [-0.4, -0.2) is 23.5 Å². The van der Waals surface area contributed by atoms with Crippen LogP contribution in [0, 0.1) is 0 Å². The van der Waals surface area contributed by atoms with Crippen molar-refractivity contribution in [2.75, 3.05) is 5.33 Å².